The standard InChI is InChI=1S/C17H29NO/c1-10(2)9-18-15(7)17(19)16-13(5)11(3)8-12(4)14(16)6/h8,10,15,17-19H,9H2,1-7H3. The van der Waals surface area contributed by atoms with E-state index < -0.39 is 6.10 Å². The van der Waals surface area contributed by atoms with Crippen molar-refractivity contribution < 1.29 is 5.11 Å². The van der Waals surface area contributed by atoms with Crippen LogP contribution in [0.1, 0.15) is 54.7 Å². The maximum atomic E-state index is 10.6. The molecule has 0 amide bonds. The first-order valence-corrected chi connectivity index (χ1v) is 7.24. The molecule has 0 radical (unpaired) electrons. The second-order valence-electron chi connectivity index (χ2n) is 6.21. The predicted molar refractivity (Wildman–Crippen MR) is 82.7 cm³/mol. The Morgan fingerprint density at radius 1 is 1.00 bits per heavy atom. The van der Waals surface area contributed by atoms with E-state index in [0.717, 1.165) is 12.1 Å². The largest absolute Gasteiger partial charge is 0.387 e. The van der Waals surface area contributed by atoms with Crippen molar-refractivity contribution in [2.45, 2.75) is 60.6 Å². The van der Waals surface area contributed by atoms with Gasteiger partial charge in [0.2, 0.25) is 0 Å². The van der Waals surface area contributed by atoms with Gasteiger partial charge in [-0.15, -0.1) is 0 Å². The molecule has 0 bridgehead atoms. The quantitative estimate of drug-likeness (QED) is 0.851. The van der Waals surface area contributed by atoms with Crippen molar-refractivity contribution in [3.05, 3.63) is 33.9 Å². The van der Waals surface area contributed by atoms with Gasteiger partial charge in [-0.25, -0.2) is 0 Å². The molecule has 0 heterocycles. The zero-order valence-electron chi connectivity index (χ0n) is 13.5. The van der Waals surface area contributed by atoms with Crippen molar-refractivity contribution in [1.82, 2.24) is 5.32 Å². The highest BCUT2D eigenvalue weighted by Crippen LogP contribution is 2.29. The predicted octanol–water partition coefficient (Wildman–Crippen LogP) is 3.59. The molecule has 2 nitrogen and oxygen atoms in total. The van der Waals surface area contributed by atoms with Gasteiger partial charge in [0.15, 0.2) is 0 Å². The average molecular weight is 263 g/mol. The Morgan fingerprint density at radius 2 is 1.47 bits per heavy atom. The van der Waals surface area contributed by atoms with Crippen LogP contribution >= 0.6 is 0 Å². The zero-order chi connectivity index (χ0) is 14.7. The summed E-state index contributed by atoms with van der Waals surface area (Å²) in [7, 11) is 0. The molecule has 19 heavy (non-hydrogen) atoms. The van der Waals surface area contributed by atoms with E-state index in [0.29, 0.717) is 5.92 Å². The fourth-order valence-corrected chi connectivity index (χ4v) is 2.47. The number of nitrogens with one attached hydrogen (secondary N) is 1. The minimum Gasteiger partial charge on any atom is -0.387 e. The molecule has 0 spiro atoms. The van der Waals surface area contributed by atoms with E-state index in [4.69, 9.17) is 0 Å². The van der Waals surface area contributed by atoms with Crippen molar-refractivity contribution in [2.75, 3.05) is 6.54 Å². The van der Waals surface area contributed by atoms with Crippen LogP contribution in [-0.4, -0.2) is 17.7 Å². The average Bonchev–Trinajstić information content (AvgIpc) is 2.33. The Bertz CT molecular complexity index is 411. The van der Waals surface area contributed by atoms with E-state index in [1.54, 1.807) is 0 Å². The summed E-state index contributed by atoms with van der Waals surface area (Å²) in [6, 6.07) is 2.27. The molecule has 1 rings (SSSR count). The lowest BCUT2D eigenvalue weighted by Crippen LogP contribution is -2.35. The highest BCUT2D eigenvalue weighted by Gasteiger charge is 2.21. The molecule has 0 saturated carbocycles. The van der Waals surface area contributed by atoms with Gasteiger partial charge in [-0.05, 0) is 74.9 Å². The number of aryl methyl sites for hydroxylation is 2. The number of benzene rings is 1. The SMILES string of the molecule is Cc1cc(C)c(C)c(C(O)C(C)NCC(C)C)c1C. The van der Waals surface area contributed by atoms with Crippen LogP contribution in [0.5, 0.6) is 0 Å². The summed E-state index contributed by atoms with van der Waals surface area (Å²) < 4.78 is 0. The van der Waals surface area contributed by atoms with Crippen molar-refractivity contribution in [2.24, 2.45) is 5.92 Å². The van der Waals surface area contributed by atoms with E-state index in [1.807, 2.05) is 0 Å². The van der Waals surface area contributed by atoms with Crippen LogP contribution in [0, 0.1) is 33.6 Å². The number of hydrogen-bond acceptors (Lipinski definition) is 2. The van der Waals surface area contributed by atoms with Gasteiger partial charge >= 0.3 is 0 Å². The van der Waals surface area contributed by atoms with Gasteiger partial charge in [0.1, 0.15) is 0 Å². The third kappa shape index (κ3) is 3.80. The second-order valence-corrected chi connectivity index (χ2v) is 6.21. The number of rotatable bonds is 5. The lowest BCUT2D eigenvalue weighted by molar-refractivity contribution is 0.133. The first-order chi connectivity index (χ1) is 8.75. The van der Waals surface area contributed by atoms with Crippen LogP contribution in [-0.2, 0) is 0 Å². The Balaban J connectivity index is 3.02. The monoisotopic (exact) mass is 263 g/mol. The van der Waals surface area contributed by atoms with Gasteiger partial charge < -0.3 is 10.4 Å². The first kappa shape index (κ1) is 16.2. The van der Waals surface area contributed by atoms with Crippen LogP contribution in [0.4, 0.5) is 0 Å². The molecule has 108 valence electrons. The summed E-state index contributed by atoms with van der Waals surface area (Å²) in [5.41, 5.74) is 6.05. The molecule has 2 heteroatoms. The Labute approximate surface area is 118 Å². The van der Waals surface area contributed by atoms with Crippen molar-refractivity contribution in [1.29, 1.82) is 0 Å². The van der Waals surface area contributed by atoms with Crippen molar-refractivity contribution >= 4 is 0 Å². The summed E-state index contributed by atoms with van der Waals surface area (Å²) in [5, 5.41) is 14.1. The third-order valence-corrected chi connectivity index (χ3v) is 4.04. The fraction of sp³-hybridized carbons (Fsp3) is 0.647. The van der Waals surface area contributed by atoms with Crippen molar-refractivity contribution in [3.8, 4) is 0 Å². The van der Waals surface area contributed by atoms with E-state index >= 15 is 0 Å². The molecule has 0 aromatic heterocycles. The van der Waals surface area contributed by atoms with Crippen LogP contribution in [0.25, 0.3) is 0 Å². The summed E-state index contributed by atoms with van der Waals surface area (Å²) in [6.45, 7) is 15.8. The first-order valence-electron chi connectivity index (χ1n) is 7.24. The van der Waals surface area contributed by atoms with E-state index in [9.17, 15) is 5.11 Å². The molecule has 1 aromatic rings. The molecule has 2 unspecified atom stereocenters. The molecule has 2 N–H and O–H groups in total. The van der Waals surface area contributed by atoms with Gasteiger partial charge in [0.25, 0.3) is 0 Å². The van der Waals surface area contributed by atoms with Crippen molar-refractivity contribution in [3.63, 3.8) is 0 Å². The molecule has 1 aromatic carbocycles. The minimum absolute atomic E-state index is 0.0704. The molecule has 0 aliphatic carbocycles. The van der Waals surface area contributed by atoms with Crippen LogP contribution in [0.15, 0.2) is 6.07 Å². The Hall–Kier alpha value is -0.860. The van der Waals surface area contributed by atoms with E-state index in [2.05, 4.69) is 59.8 Å². The van der Waals surface area contributed by atoms with Crippen LogP contribution < -0.4 is 5.32 Å². The highest BCUT2D eigenvalue weighted by atomic mass is 16.3. The summed E-state index contributed by atoms with van der Waals surface area (Å²) in [6.07, 6.45) is -0.447. The molecule has 2 atom stereocenters. The second kappa shape index (κ2) is 6.53. The topological polar surface area (TPSA) is 32.3 Å². The van der Waals surface area contributed by atoms with Crippen LogP contribution in [0.3, 0.4) is 0 Å². The molecule has 0 aliphatic heterocycles. The lowest BCUT2D eigenvalue weighted by Gasteiger charge is -2.26. The van der Waals surface area contributed by atoms with Gasteiger partial charge in [0, 0.05) is 6.04 Å². The number of hydrogen-bond donors (Lipinski definition) is 2. The van der Waals surface area contributed by atoms with Gasteiger partial charge in [-0.3, -0.25) is 0 Å². The summed E-state index contributed by atoms with van der Waals surface area (Å²) >= 11 is 0. The summed E-state index contributed by atoms with van der Waals surface area (Å²) in [5.74, 6) is 0.594. The number of aliphatic hydroxyl groups is 1. The molecule has 0 aliphatic rings. The molecular formula is C17H29NO. The maximum Gasteiger partial charge on any atom is 0.0945 e. The maximum absolute atomic E-state index is 10.6. The summed E-state index contributed by atoms with van der Waals surface area (Å²) in [4.78, 5) is 0. The Kier molecular flexibility index (Phi) is 5.57. The highest BCUT2D eigenvalue weighted by molar-refractivity contribution is 5.45. The fourth-order valence-electron chi connectivity index (χ4n) is 2.47. The van der Waals surface area contributed by atoms with Gasteiger partial charge in [-0.2, -0.15) is 0 Å². The normalized spacial score (nSPS) is 14.8. The molecule has 0 fully saturated rings. The van der Waals surface area contributed by atoms with Gasteiger partial charge in [0.05, 0.1) is 6.10 Å². The Morgan fingerprint density at radius 3 is 1.89 bits per heavy atom. The van der Waals surface area contributed by atoms with Gasteiger partial charge in [-0.1, -0.05) is 19.9 Å². The lowest BCUT2D eigenvalue weighted by atomic mass is 9.88. The third-order valence-electron chi connectivity index (χ3n) is 4.04. The van der Waals surface area contributed by atoms with Crippen LogP contribution in [0.2, 0.25) is 0 Å². The smallest absolute Gasteiger partial charge is 0.0945 e. The molecule has 0 saturated heterocycles. The number of aliphatic hydroxyl groups excluding tert-OH is 1. The molecular weight excluding hydrogens is 234 g/mol. The van der Waals surface area contributed by atoms with E-state index in [-0.39, 0.29) is 6.04 Å². The minimum atomic E-state index is -0.447. The zero-order valence-corrected chi connectivity index (χ0v) is 13.5. The van der Waals surface area contributed by atoms with E-state index in [1.165, 1.54) is 22.3 Å².